The molecule has 0 saturated carbocycles. The van der Waals surface area contributed by atoms with Crippen LogP contribution in [0.5, 0.6) is 11.5 Å². The van der Waals surface area contributed by atoms with Gasteiger partial charge in [0, 0.05) is 17.1 Å². The summed E-state index contributed by atoms with van der Waals surface area (Å²) in [4.78, 5) is 13.1. The van der Waals surface area contributed by atoms with Crippen LogP contribution in [0, 0.1) is 5.92 Å². The molecule has 0 fully saturated rings. The standard InChI is InChI=1S/C22H22O3/c1-14-11-20(16-7-5-9-18(12-16)24-3)15(2)21(14)22(23)17-8-6-10-19(13-17)25-4/h5-13,15H,1-4H3. The molecule has 0 saturated heterocycles. The minimum atomic E-state index is 0.0332. The van der Waals surface area contributed by atoms with Crippen molar-refractivity contribution in [1.29, 1.82) is 0 Å². The van der Waals surface area contributed by atoms with Crippen molar-refractivity contribution in [2.75, 3.05) is 14.2 Å². The molecule has 0 spiro atoms. The van der Waals surface area contributed by atoms with Crippen molar-refractivity contribution in [3.63, 3.8) is 0 Å². The van der Waals surface area contributed by atoms with Gasteiger partial charge in [-0.25, -0.2) is 0 Å². The summed E-state index contributed by atoms with van der Waals surface area (Å²) in [6.45, 7) is 4.08. The van der Waals surface area contributed by atoms with E-state index < -0.39 is 0 Å². The lowest BCUT2D eigenvalue weighted by molar-refractivity contribution is 0.102. The fraction of sp³-hybridized carbons (Fsp3) is 0.227. The predicted molar refractivity (Wildman–Crippen MR) is 100 cm³/mol. The lowest BCUT2D eigenvalue weighted by Gasteiger charge is -2.15. The summed E-state index contributed by atoms with van der Waals surface area (Å²) >= 11 is 0. The van der Waals surface area contributed by atoms with Gasteiger partial charge in [-0.15, -0.1) is 0 Å². The molecule has 3 heteroatoms. The van der Waals surface area contributed by atoms with Crippen molar-refractivity contribution in [3.8, 4) is 11.5 Å². The van der Waals surface area contributed by atoms with Crippen LogP contribution in [0.25, 0.3) is 5.57 Å². The van der Waals surface area contributed by atoms with E-state index in [1.165, 1.54) is 0 Å². The van der Waals surface area contributed by atoms with Crippen LogP contribution in [0.2, 0.25) is 0 Å². The Morgan fingerprint density at radius 1 is 0.960 bits per heavy atom. The van der Waals surface area contributed by atoms with Gasteiger partial charge >= 0.3 is 0 Å². The molecule has 2 aromatic carbocycles. The van der Waals surface area contributed by atoms with Crippen molar-refractivity contribution < 1.29 is 14.3 Å². The number of Topliss-reactive ketones (excluding diaryl/α,β-unsaturated/α-hetero) is 1. The van der Waals surface area contributed by atoms with Gasteiger partial charge in [-0.1, -0.05) is 37.3 Å². The lowest BCUT2D eigenvalue weighted by atomic mass is 9.88. The Bertz CT molecular complexity index is 874. The van der Waals surface area contributed by atoms with Gasteiger partial charge in [0.15, 0.2) is 5.78 Å². The molecular formula is C22H22O3. The maximum absolute atomic E-state index is 13.1. The normalized spacial score (nSPS) is 16.6. The second-order valence-electron chi connectivity index (χ2n) is 6.21. The molecule has 3 nitrogen and oxygen atoms in total. The highest BCUT2D eigenvalue weighted by atomic mass is 16.5. The van der Waals surface area contributed by atoms with Crippen LogP contribution >= 0.6 is 0 Å². The molecule has 0 N–H and O–H groups in total. The number of carbonyl (C=O) groups excluding carboxylic acids is 1. The first-order valence-electron chi connectivity index (χ1n) is 8.30. The number of methoxy groups -OCH3 is 2. The Morgan fingerprint density at radius 2 is 1.60 bits per heavy atom. The topological polar surface area (TPSA) is 35.5 Å². The van der Waals surface area contributed by atoms with Crippen molar-refractivity contribution in [2.24, 2.45) is 5.92 Å². The predicted octanol–water partition coefficient (Wildman–Crippen LogP) is 4.94. The van der Waals surface area contributed by atoms with Gasteiger partial charge in [-0.3, -0.25) is 4.79 Å². The summed E-state index contributed by atoms with van der Waals surface area (Å²) < 4.78 is 10.6. The second kappa shape index (κ2) is 6.98. The highest BCUT2D eigenvalue weighted by Crippen LogP contribution is 2.40. The van der Waals surface area contributed by atoms with E-state index in [1.807, 2.05) is 43.3 Å². The summed E-state index contributed by atoms with van der Waals surface area (Å²) in [5.41, 5.74) is 4.73. The Labute approximate surface area is 148 Å². The van der Waals surface area contributed by atoms with Crippen LogP contribution in [0.3, 0.4) is 0 Å². The number of benzene rings is 2. The molecule has 0 aliphatic heterocycles. The number of hydrogen-bond acceptors (Lipinski definition) is 3. The fourth-order valence-corrected chi connectivity index (χ4v) is 3.36. The third-order valence-electron chi connectivity index (χ3n) is 4.68. The zero-order chi connectivity index (χ0) is 18.0. The van der Waals surface area contributed by atoms with Gasteiger partial charge in [-0.2, -0.15) is 0 Å². The lowest BCUT2D eigenvalue weighted by Crippen LogP contribution is -2.11. The number of hydrogen-bond donors (Lipinski definition) is 0. The molecule has 1 aliphatic carbocycles. The molecule has 0 amide bonds. The van der Waals surface area contributed by atoms with Crippen LogP contribution in [0.4, 0.5) is 0 Å². The van der Waals surface area contributed by atoms with E-state index in [2.05, 4.69) is 19.1 Å². The Hall–Kier alpha value is -2.81. The minimum Gasteiger partial charge on any atom is -0.497 e. The fourth-order valence-electron chi connectivity index (χ4n) is 3.36. The second-order valence-corrected chi connectivity index (χ2v) is 6.21. The van der Waals surface area contributed by atoms with E-state index in [9.17, 15) is 4.79 Å². The van der Waals surface area contributed by atoms with E-state index in [0.29, 0.717) is 11.3 Å². The number of rotatable bonds is 5. The van der Waals surface area contributed by atoms with Crippen LogP contribution in [-0.2, 0) is 0 Å². The number of carbonyl (C=O) groups is 1. The van der Waals surface area contributed by atoms with Gasteiger partial charge in [0.25, 0.3) is 0 Å². The van der Waals surface area contributed by atoms with E-state index in [1.54, 1.807) is 20.3 Å². The Balaban J connectivity index is 1.92. The minimum absolute atomic E-state index is 0.0332. The van der Waals surface area contributed by atoms with Gasteiger partial charge in [-0.05, 0) is 47.9 Å². The maximum atomic E-state index is 13.1. The quantitative estimate of drug-likeness (QED) is 0.727. The first-order chi connectivity index (χ1) is 12.0. The third-order valence-corrected chi connectivity index (χ3v) is 4.68. The van der Waals surface area contributed by atoms with E-state index in [0.717, 1.165) is 28.0 Å². The molecule has 0 bridgehead atoms. The summed E-state index contributed by atoms with van der Waals surface area (Å²) in [5.74, 6) is 1.59. The van der Waals surface area contributed by atoms with E-state index in [-0.39, 0.29) is 11.7 Å². The molecule has 1 unspecified atom stereocenters. The number of ether oxygens (including phenoxy) is 2. The largest absolute Gasteiger partial charge is 0.497 e. The highest BCUT2D eigenvalue weighted by Gasteiger charge is 2.29. The van der Waals surface area contributed by atoms with Crippen LogP contribution in [0.1, 0.15) is 29.8 Å². The average molecular weight is 334 g/mol. The average Bonchev–Trinajstić information content (AvgIpc) is 2.95. The highest BCUT2D eigenvalue weighted by molar-refractivity contribution is 6.12. The summed E-state index contributed by atoms with van der Waals surface area (Å²) in [6, 6.07) is 15.3. The molecule has 1 aliphatic rings. The smallest absolute Gasteiger partial charge is 0.190 e. The molecular weight excluding hydrogens is 312 g/mol. The maximum Gasteiger partial charge on any atom is 0.190 e. The Morgan fingerprint density at radius 3 is 2.28 bits per heavy atom. The molecule has 0 radical (unpaired) electrons. The molecule has 128 valence electrons. The monoisotopic (exact) mass is 334 g/mol. The van der Waals surface area contributed by atoms with Crippen molar-refractivity contribution in [1.82, 2.24) is 0 Å². The summed E-state index contributed by atoms with van der Waals surface area (Å²) in [5, 5.41) is 0. The molecule has 3 rings (SSSR count). The summed E-state index contributed by atoms with van der Waals surface area (Å²) in [6.07, 6.45) is 2.10. The summed E-state index contributed by atoms with van der Waals surface area (Å²) in [7, 11) is 3.27. The van der Waals surface area contributed by atoms with Crippen LogP contribution in [0.15, 0.2) is 65.8 Å². The molecule has 1 atom stereocenters. The zero-order valence-corrected chi connectivity index (χ0v) is 15.0. The van der Waals surface area contributed by atoms with Crippen molar-refractivity contribution in [2.45, 2.75) is 13.8 Å². The SMILES string of the molecule is COc1cccc(C(=O)C2=C(C)C=C(c3cccc(OC)c3)C2C)c1. The third kappa shape index (κ3) is 3.22. The van der Waals surface area contributed by atoms with Gasteiger partial charge in [0.05, 0.1) is 14.2 Å². The molecule has 0 heterocycles. The number of allylic oxidation sites excluding steroid dienone is 4. The first-order valence-corrected chi connectivity index (χ1v) is 8.30. The van der Waals surface area contributed by atoms with Crippen molar-refractivity contribution >= 4 is 11.4 Å². The zero-order valence-electron chi connectivity index (χ0n) is 15.0. The van der Waals surface area contributed by atoms with Crippen LogP contribution < -0.4 is 9.47 Å². The van der Waals surface area contributed by atoms with Crippen LogP contribution in [-0.4, -0.2) is 20.0 Å². The molecule has 25 heavy (non-hydrogen) atoms. The number of ketones is 1. The van der Waals surface area contributed by atoms with Gasteiger partial charge in [0.2, 0.25) is 0 Å². The van der Waals surface area contributed by atoms with Gasteiger partial charge in [0.1, 0.15) is 11.5 Å². The Kier molecular flexibility index (Phi) is 4.75. The first kappa shape index (κ1) is 17.0. The van der Waals surface area contributed by atoms with Crippen molar-refractivity contribution in [3.05, 3.63) is 76.9 Å². The molecule has 0 aromatic heterocycles. The van der Waals surface area contributed by atoms with E-state index >= 15 is 0 Å². The molecule has 2 aromatic rings. The van der Waals surface area contributed by atoms with E-state index in [4.69, 9.17) is 9.47 Å². The van der Waals surface area contributed by atoms with Gasteiger partial charge < -0.3 is 9.47 Å².